The van der Waals surface area contributed by atoms with Gasteiger partial charge in [0.1, 0.15) is 4.21 Å². The average molecular weight is 448 g/mol. The molecule has 1 amide bonds. The Hall–Kier alpha value is -1.74. The second-order valence-corrected chi connectivity index (χ2v) is 11.3. The van der Waals surface area contributed by atoms with Crippen molar-refractivity contribution in [3.63, 3.8) is 0 Å². The Morgan fingerprint density at radius 3 is 2.33 bits per heavy atom. The molecular weight excluding hydrogens is 418 g/mol. The van der Waals surface area contributed by atoms with E-state index in [-0.39, 0.29) is 18.4 Å². The van der Waals surface area contributed by atoms with Gasteiger partial charge in [0, 0.05) is 24.5 Å². The summed E-state index contributed by atoms with van der Waals surface area (Å²) in [7, 11) is -3.41. The van der Waals surface area contributed by atoms with Gasteiger partial charge in [-0.15, -0.1) is 11.3 Å². The van der Waals surface area contributed by atoms with E-state index in [0.717, 1.165) is 30.8 Å². The van der Waals surface area contributed by atoms with Crippen LogP contribution in [0.3, 0.4) is 0 Å². The van der Waals surface area contributed by atoms with Crippen molar-refractivity contribution in [1.82, 2.24) is 14.5 Å². The molecule has 2 aliphatic rings. The number of benzene rings is 1. The quantitative estimate of drug-likeness (QED) is 0.675. The summed E-state index contributed by atoms with van der Waals surface area (Å²) in [5.74, 6) is -0.0675. The molecule has 3 heterocycles. The van der Waals surface area contributed by atoms with Gasteiger partial charge in [0.2, 0.25) is 5.91 Å². The number of sulfonamides is 1. The predicted octanol–water partition coefficient (Wildman–Crippen LogP) is 3.03. The topological polar surface area (TPSA) is 69.7 Å². The lowest BCUT2D eigenvalue weighted by molar-refractivity contribution is -0.120. The van der Waals surface area contributed by atoms with Crippen molar-refractivity contribution in [2.45, 2.75) is 42.4 Å². The maximum Gasteiger partial charge on any atom is 0.252 e. The minimum atomic E-state index is -3.41. The van der Waals surface area contributed by atoms with E-state index in [1.807, 2.05) is 18.2 Å². The minimum Gasteiger partial charge on any atom is -0.354 e. The monoisotopic (exact) mass is 447 g/mol. The zero-order valence-corrected chi connectivity index (χ0v) is 18.8. The standard InChI is InChI=1S/C22H29N3O3S2/c26-21(16-19-10-11-22(29-19)30(27,28)25-14-6-7-15-25)23-17-20(24-12-4-5-13-24)18-8-2-1-3-9-18/h1-3,8-11,20H,4-7,12-17H2,(H,23,26). The normalized spacial score (nSPS) is 19.2. The zero-order valence-electron chi connectivity index (χ0n) is 17.1. The number of carbonyl (C=O) groups is 1. The molecule has 30 heavy (non-hydrogen) atoms. The molecule has 0 bridgehead atoms. The summed E-state index contributed by atoms with van der Waals surface area (Å²) >= 11 is 1.21. The lowest BCUT2D eigenvalue weighted by Crippen LogP contribution is -2.37. The van der Waals surface area contributed by atoms with E-state index in [2.05, 4.69) is 22.3 Å². The molecule has 1 unspecified atom stereocenters. The smallest absolute Gasteiger partial charge is 0.252 e. The van der Waals surface area contributed by atoms with E-state index in [1.165, 1.54) is 29.7 Å². The van der Waals surface area contributed by atoms with E-state index in [1.54, 1.807) is 16.4 Å². The lowest BCUT2D eigenvalue weighted by Gasteiger charge is -2.28. The number of nitrogens with one attached hydrogen (secondary N) is 1. The molecule has 8 heteroatoms. The molecule has 2 fully saturated rings. The first-order valence-electron chi connectivity index (χ1n) is 10.7. The van der Waals surface area contributed by atoms with Crippen molar-refractivity contribution in [3.8, 4) is 0 Å². The van der Waals surface area contributed by atoms with Crippen LogP contribution in [0.5, 0.6) is 0 Å². The Morgan fingerprint density at radius 2 is 1.63 bits per heavy atom. The molecule has 2 aliphatic heterocycles. The number of amides is 1. The zero-order chi connectivity index (χ0) is 21.0. The molecule has 0 radical (unpaired) electrons. The third kappa shape index (κ3) is 4.94. The maximum absolute atomic E-state index is 12.7. The van der Waals surface area contributed by atoms with Crippen molar-refractivity contribution < 1.29 is 13.2 Å². The van der Waals surface area contributed by atoms with Crippen LogP contribution in [0.2, 0.25) is 0 Å². The molecule has 1 aromatic heterocycles. The second kappa shape index (κ2) is 9.60. The van der Waals surface area contributed by atoms with Gasteiger partial charge in [0.25, 0.3) is 10.0 Å². The molecule has 162 valence electrons. The third-order valence-corrected chi connectivity index (χ3v) is 9.34. The molecule has 0 saturated carbocycles. The molecular formula is C22H29N3O3S2. The molecule has 0 aliphatic carbocycles. The van der Waals surface area contributed by atoms with Crippen molar-refractivity contribution in [2.24, 2.45) is 0 Å². The van der Waals surface area contributed by atoms with Crippen LogP contribution in [0, 0.1) is 0 Å². The summed E-state index contributed by atoms with van der Waals surface area (Å²) in [6.07, 6.45) is 4.43. The molecule has 1 atom stereocenters. The Kier molecular flexibility index (Phi) is 6.87. The summed E-state index contributed by atoms with van der Waals surface area (Å²) in [6, 6.07) is 13.9. The van der Waals surface area contributed by atoms with Crippen LogP contribution in [-0.4, -0.2) is 56.3 Å². The number of hydrogen-bond acceptors (Lipinski definition) is 5. The molecule has 1 N–H and O–H groups in total. The van der Waals surface area contributed by atoms with E-state index in [9.17, 15) is 13.2 Å². The highest BCUT2D eigenvalue weighted by molar-refractivity contribution is 7.91. The van der Waals surface area contributed by atoms with Crippen molar-refractivity contribution in [1.29, 1.82) is 0 Å². The van der Waals surface area contributed by atoms with Crippen LogP contribution in [0.15, 0.2) is 46.7 Å². The Bertz CT molecular complexity index is 947. The molecule has 2 saturated heterocycles. The van der Waals surface area contributed by atoms with Gasteiger partial charge in [-0.1, -0.05) is 30.3 Å². The summed E-state index contributed by atoms with van der Waals surface area (Å²) in [4.78, 5) is 15.8. The van der Waals surface area contributed by atoms with Gasteiger partial charge in [-0.2, -0.15) is 4.31 Å². The van der Waals surface area contributed by atoms with Gasteiger partial charge in [-0.25, -0.2) is 8.42 Å². The van der Waals surface area contributed by atoms with Gasteiger partial charge >= 0.3 is 0 Å². The highest BCUT2D eigenvalue weighted by atomic mass is 32.2. The van der Waals surface area contributed by atoms with Gasteiger partial charge in [-0.3, -0.25) is 9.69 Å². The van der Waals surface area contributed by atoms with Crippen LogP contribution in [0.4, 0.5) is 0 Å². The fraction of sp³-hybridized carbons (Fsp3) is 0.500. The molecule has 4 rings (SSSR count). The average Bonchev–Trinajstić information content (AvgIpc) is 3.51. The first-order valence-corrected chi connectivity index (χ1v) is 12.9. The van der Waals surface area contributed by atoms with Gasteiger partial charge in [0.15, 0.2) is 0 Å². The SMILES string of the molecule is O=C(Cc1ccc(S(=O)(=O)N2CCCC2)s1)NCC(c1ccccc1)N1CCCC1. The lowest BCUT2D eigenvalue weighted by atomic mass is 10.1. The summed E-state index contributed by atoms with van der Waals surface area (Å²) in [5, 5.41) is 3.08. The molecule has 6 nitrogen and oxygen atoms in total. The van der Waals surface area contributed by atoms with Crippen LogP contribution < -0.4 is 5.32 Å². The number of rotatable bonds is 8. The van der Waals surface area contributed by atoms with Crippen LogP contribution in [0.1, 0.15) is 42.2 Å². The molecule has 1 aromatic carbocycles. The number of hydrogen-bond donors (Lipinski definition) is 1. The number of nitrogens with zero attached hydrogens (tertiary/aromatic N) is 2. The summed E-state index contributed by atoms with van der Waals surface area (Å²) in [5.41, 5.74) is 1.22. The maximum atomic E-state index is 12.7. The third-order valence-electron chi connectivity index (χ3n) is 5.89. The van der Waals surface area contributed by atoms with E-state index >= 15 is 0 Å². The van der Waals surface area contributed by atoms with Crippen molar-refractivity contribution in [3.05, 3.63) is 52.9 Å². The summed E-state index contributed by atoms with van der Waals surface area (Å²) < 4.78 is 27.2. The molecule has 0 spiro atoms. The second-order valence-electron chi connectivity index (χ2n) is 7.98. The highest BCUT2D eigenvalue weighted by Crippen LogP contribution is 2.28. The molecule has 2 aromatic rings. The number of thiophene rings is 1. The van der Waals surface area contributed by atoms with Crippen molar-refractivity contribution >= 4 is 27.3 Å². The van der Waals surface area contributed by atoms with Gasteiger partial charge in [0.05, 0.1) is 12.5 Å². The van der Waals surface area contributed by atoms with Crippen molar-refractivity contribution in [2.75, 3.05) is 32.7 Å². The Labute approximate surface area is 182 Å². The Morgan fingerprint density at radius 1 is 0.967 bits per heavy atom. The fourth-order valence-corrected chi connectivity index (χ4v) is 7.29. The van der Waals surface area contributed by atoms with E-state index in [4.69, 9.17) is 0 Å². The number of carbonyl (C=O) groups excluding carboxylic acids is 1. The number of likely N-dealkylation sites (tertiary alicyclic amines) is 1. The summed E-state index contributed by atoms with van der Waals surface area (Å²) in [6.45, 7) is 3.85. The first-order chi connectivity index (χ1) is 14.5. The van der Waals surface area contributed by atoms with Gasteiger partial charge < -0.3 is 5.32 Å². The van der Waals surface area contributed by atoms with E-state index in [0.29, 0.717) is 23.8 Å². The predicted molar refractivity (Wildman–Crippen MR) is 119 cm³/mol. The minimum absolute atomic E-state index is 0.0675. The van der Waals surface area contributed by atoms with E-state index < -0.39 is 10.0 Å². The van der Waals surface area contributed by atoms with Crippen LogP contribution in [-0.2, 0) is 21.2 Å². The fourth-order valence-electron chi connectivity index (χ4n) is 4.27. The van der Waals surface area contributed by atoms with Crippen LogP contribution >= 0.6 is 11.3 Å². The Balaban J connectivity index is 1.36. The highest BCUT2D eigenvalue weighted by Gasteiger charge is 2.29. The van der Waals surface area contributed by atoms with Crippen LogP contribution in [0.25, 0.3) is 0 Å². The first kappa shape index (κ1) is 21.5. The largest absolute Gasteiger partial charge is 0.354 e. The van der Waals surface area contributed by atoms with Gasteiger partial charge in [-0.05, 0) is 56.5 Å².